The Morgan fingerprint density at radius 3 is 2.47 bits per heavy atom. The molecule has 1 aromatic carbocycles. The van der Waals surface area contributed by atoms with Gasteiger partial charge in [0.25, 0.3) is 0 Å². The van der Waals surface area contributed by atoms with Gasteiger partial charge in [0.15, 0.2) is 0 Å². The lowest BCUT2D eigenvalue weighted by Crippen LogP contribution is -2.17. The molecule has 0 saturated heterocycles. The van der Waals surface area contributed by atoms with Crippen LogP contribution in [0.3, 0.4) is 0 Å². The Morgan fingerprint density at radius 2 is 1.84 bits per heavy atom. The van der Waals surface area contributed by atoms with Crippen LogP contribution in [0.25, 0.3) is 0 Å². The predicted molar refractivity (Wildman–Crippen MR) is 82.1 cm³/mol. The van der Waals surface area contributed by atoms with E-state index < -0.39 is 0 Å². The van der Waals surface area contributed by atoms with Crippen LogP contribution in [0.15, 0.2) is 24.3 Å². The van der Waals surface area contributed by atoms with Crippen LogP contribution in [0, 0.1) is 0 Å². The molecule has 3 heteroatoms. The molecule has 2 nitrogen and oxygen atoms in total. The van der Waals surface area contributed by atoms with Gasteiger partial charge in [-0.2, -0.15) is 0 Å². The fourth-order valence-electron chi connectivity index (χ4n) is 2.74. The van der Waals surface area contributed by atoms with Crippen molar-refractivity contribution in [2.75, 3.05) is 12.4 Å². The topological polar surface area (TPSA) is 18.5 Å². The zero-order valence-electron chi connectivity index (χ0n) is 11.6. The Kier molecular flexibility index (Phi) is 6.18. The summed E-state index contributed by atoms with van der Waals surface area (Å²) in [5.41, 5.74) is 1.14. The summed E-state index contributed by atoms with van der Waals surface area (Å²) >= 11 is 3.58. The van der Waals surface area contributed by atoms with Crippen LogP contribution in [-0.4, -0.2) is 18.5 Å². The van der Waals surface area contributed by atoms with Gasteiger partial charge in [0.2, 0.25) is 0 Å². The Bertz CT molecular complexity index is 373. The minimum absolute atomic E-state index is 0.0826. The summed E-state index contributed by atoms with van der Waals surface area (Å²) in [5.74, 6) is 0.917. The number of methoxy groups -OCH3 is 1. The van der Waals surface area contributed by atoms with Crippen LogP contribution < -0.4 is 4.74 Å². The number of para-hydroxylation sites is 1. The van der Waals surface area contributed by atoms with Gasteiger partial charge in [0.1, 0.15) is 5.75 Å². The van der Waals surface area contributed by atoms with E-state index in [1.807, 2.05) is 18.2 Å². The third-order valence-electron chi connectivity index (χ3n) is 3.78. The van der Waals surface area contributed by atoms with Crippen molar-refractivity contribution < 1.29 is 9.47 Å². The van der Waals surface area contributed by atoms with Crippen molar-refractivity contribution in [2.45, 2.75) is 50.7 Å². The minimum atomic E-state index is 0.0826. The predicted octanol–water partition coefficient (Wildman–Crippen LogP) is 4.87. The fraction of sp³-hybridized carbons (Fsp3) is 0.625. The highest BCUT2D eigenvalue weighted by molar-refractivity contribution is 9.09. The molecule has 0 amide bonds. The first kappa shape index (κ1) is 14.9. The molecule has 0 aliphatic heterocycles. The molecule has 1 unspecified atom stereocenters. The zero-order valence-corrected chi connectivity index (χ0v) is 13.2. The number of hydrogen-bond donors (Lipinski definition) is 0. The monoisotopic (exact) mass is 326 g/mol. The second-order valence-corrected chi connectivity index (χ2v) is 5.78. The van der Waals surface area contributed by atoms with Crippen LogP contribution in [0.2, 0.25) is 0 Å². The smallest absolute Gasteiger partial charge is 0.124 e. The van der Waals surface area contributed by atoms with Crippen molar-refractivity contribution in [1.82, 2.24) is 0 Å². The molecule has 1 atom stereocenters. The summed E-state index contributed by atoms with van der Waals surface area (Å²) in [5, 5.41) is 0.809. The van der Waals surface area contributed by atoms with E-state index in [4.69, 9.17) is 9.47 Å². The molecule has 106 valence electrons. The maximum absolute atomic E-state index is 6.32. The molecule has 19 heavy (non-hydrogen) atoms. The molecule has 0 N–H and O–H groups in total. The van der Waals surface area contributed by atoms with Crippen molar-refractivity contribution >= 4 is 15.9 Å². The van der Waals surface area contributed by atoms with Crippen LogP contribution in [0.4, 0.5) is 0 Å². The molecule has 0 spiro atoms. The third kappa shape index (κ3) is 4.22. The molecule has 1 aliphatic rings. The Hall–Kier alpha value is -0.540. The average molecular weight is 327 g/mol. The van der Waals surface area contributed by atoms with E-state index in [1.54, 1.807) is 7.11 Å². The number of alkyl halides is 1. The van der Waals surface area contributed by atoms with Gasteiger partial charge < -0.3 is 9.47 Å². The molecule has 0 aromatic heterocycles. The van der Waals surface area contributed by atoms with Crippen LogP contribution in [0.5, 0.6) is 5.75 Å². The maximum atomic E-state index is 6.32. The third-order valence-corrected chi connectivity index (χ3v) is 4.37. The van der Waals surface area contributed by atoms with E-state index >= 15 is 0 Å². The highest BCUT2D eigenvalue weighted by atomic mass is 79.9. The Labute approximate surface area is 124 Å². The largest absolute Gasteiger partial charge is 0.496 e. The lowest BCUT2D eigenvalue weighted by Gasteiger charge is -2.24. The molecular weight excluding hydrogens is 304 g/mol. The standard InChI is InChI=1S/C16H23BrO2/c1-18-15-11-7-6-10-14(15)16(12-17)19-13-8-4-2-3-5-9-13/h6-7,10-11,13,16H,2-5,8-9,12H2,1H3. The first-order valence-corrected chi connectivity index (χ1v) is 8.31. The van der Waals surface area contributed by atoms with Gasteiger partial charge in [0, 0.05) is 10.9 Å². The Morgan fingerprint density at radius 1 is 1.16 bits per heavy atom. The lowest BCUT2D eigenvalue weighted by atomic mass is 10.1. The second kappa shape index (κ2) is 7.91. The van der Waals surface area contributed by atoms with E-state index in [-0.39, 0.29) is 6.10 Å². The zero-order chi connectivity index (χ0) is 13.5. The molecular formula is C16H23BrO2. The average Bonchev–Trinajstić information content (AvgIpc) is 2.73. The van der Waals surface area contributed by atoms with E-state index in [0.717, 1.165) is 16.6 Å². The molecule has 0 bridgehead atoms. The summed E-state index contributed by atoms with van der Waals surface area (Å²) in [4.78, 5) is 0. The van der Waals surface area contributed by atoms with Crippen LogP contribution in [0.1, 0.15) is 50.2 Å². The van der Waals surface area contributed by atoms with Gasteiger partial charge in [-0.25, -0.2) is 0 Å². The second-order valence-electron chi connectivity index (χ2n) is 5.13. The molecule has 1 saturated carbocycles. The molecule has 0 radical (unpaired) electrons. The highest BCUT2D eigenvalue weighted by Gasteiger charge is 2.21. The number of benzene rings is 1. The van der Waals surface area contributed by atoms with Gasteiger partial charge in [-0.05, 0) is 18.9 Å². The van der Waals surface area contributed by atoms with Crippen molar-refractivity contribution in [2.24, 2.45) is 0 Å². The SMILES string of the molecule is COc1ccccc1C(CBr)OC1CCCCCC1. The number of rotatable bonds is 5. The van der Waals surface area contributed by atoms with Gasteiger partial charge in [-0.3, -0.25) is 0 Å². The van der Waals surface area contributed by atoms with Gasteiger partial charge in [-0.1, -0.05) is 59.8 Å². The summed E-state index contributed by atoms with van der Waals surface area (Å²) in [6.45, 7) is 0. The van der Waals surface area contributed by atoms with E-state index in [9.17, 15) is 0 Å². The molecule has 1 aliphatic carbocycles. The minimum Gasteiger partial charge on any atom is -0.496 e. The quantitative estimate of drug-likeness (QED) is 0.567. The summed E-state index contributed by atoms with van der Waals surface area (Å²) in [6, 6.07) is 8.14. The molecule has 2 rings (SSSR count). The molecule has 1 aromatic rings. The van der Waals surface area contributed by atoms with Gasteiger partial charge in [0.05, 0.1) is 19.3 Å². The summed E-state index contributed by atoms with van der Waals surface area (Å²) < 4.78 is 11.8. The number of halogens is 1. The molecule has 1 fully saturated rings. The van der Waals surface area contributed by atoms with Crippen molar-refractivity contribution in [3.8, 4) is 5.75 Å². The van der Waals surface area contributed by atoms with Crippen molar-refractivity contribution in [3.63, 3.8) is 0 Å². The summed E-state index contributed by atoms with van der Waals surface area (Å²) in [6.07, 6.45) is 8.17. The van der Waals surface area contributed by atoms with E-state index in [0.29, 0.717) is 6.10 Å². The lowest BCUT2D eigenvalue weighted by molar-refractivity contribution is -0.00887. The Balaban J connectivity index is 2.06. The fourth-order valence-corrected chi connectivity index (χ4v) is 3.24. The highest BCUT2D eigenvalue weighted by Crippen LogP contribution is 2.32. The molecule has 0 heterocycles. The van der Waals surface area contributed by atoms with Crippen molar-refractivity contribution in [3.05, 3.63) is 29.8 Å². The van der Waals surface area contributed by atoms with Crippen molar-refractivity contribution in [1.29, 1.82) is 0 Å². The first-order chi connectivity index (χ1) is 9.35. The number of ether oxygens (including phenoxy) is 2. The van der Waals surface area contributed by atoms with E-state index in [1.165, 1.54) is 38.5 Å². The summed E-state index contributed by atoms with van der Waals surface area (Å²) in [7, 11) is 1.72. The van der Waals surface area contributed by atoms with Gasteiger partial charge in [-0.15, -0.1) is 0 Å². The van der Waals surface area contributed by atoms with E-state index in [2.05, 4.69) is 22.0 Å². The van der Waals surface area contributed by atoms with Gasteiger partial charge >= 0.3 is 0 Å². The maximum Gasteiger partial charge on any atom is 0.124 e. The normalized spacial score (nSPS) is 18.8. The van der Waals surface area contributed by atoms with Crippen LogP contribution in [-0.2, 0) is 4.74 Å². The number of hydrogen-bond acceptors (Lipinski definition) is 2. The van der Waals surface area contributed by atoms with Crippen LogP contribution >= 0.6 is 15.9 Å². The first-order valence-electron chi connectivity index (χ1n) is 7.19.